The summed E-state index contributed by atoms with van der Waals surface area (Å²) in [6.07, 6.45) is 0. The van der Waals surface area contributed by atoms with Gasteiger partial charge in [-0.3, -0.25) is 4.79 Å². The summed E-state index contributed by atoms with van der Waals surface area (Å²) in [6.45, 7) is 0. The standard InChI is InChI=1S/C9H9ClFNO2.ClH/c1-14-9(13)8(12)7-5(10)3-2-4-6(7)11;/h2-4,8H,12H2,1H3;1H/t8-;/m0./s1. The van der Waals surface area contributed by atoms with Crippen molar-refractivity contribution in [2.24, 2.45) is 5.73 Å². The molecule has 1 atom stereocenters. The van der Waals surface area contributed by atoms with Crippen LogP contribution in [0.15, 0.2) is 18.2 Å². The Labute approximate surface area is 97.8 Å². The first kappa shape index (κ1) is 14.2. The van der Waals surface area contributed by atoms with Crippen molar-refractivity contribution >= 4 is 30.0 Å². The molecule has 0 radical (unpaired) electrons. The van der Waals surface area contributed by atoms with E-state index >= 15 is 0 Å². The lowest BCUT2D eigenvalue weighted by Gasteiger charge is -2.11. The first-order valence-electron chi connectivity index (χ1n) is 3.85. The maximum absolute atomic E-state index is 13.2. The van der Waals surface area contributed by atoms with E-state index in [-0.39, 0.29) is 23.0 Å². The van der Waals surface area contributed by atoms with E-state index in [1.54, 1.807) is 0 Å². The highest BCUT2D eigenvalue weighted by Crippen LogP contribution is 2.24. The van der Waals surface area contributed by atoms with E-state index in [9.17, 15) is 9.18 Å². The number of hydrogen-bond acceptors (Lipinski definition) is 3. The van der Waals surface area contributed by atoms with Gasteiger partial charge in [0.1, 0.15) is 11.9 Å². The van der Waals surface area contributed by atoms with E-state index < -0.39 is 17.8 Å². The molecule has 0 saturated heterocycles. The second-order valence-electron chi connectivity index (χ2n) is 2.64. The highest BCUT2D eigenvalue weighted by molar-refractivity contribution is 6.31. The highest BCUT2D eigenvalue weighted by Gasteiger charge is 2.22. The smallest absolute Gasteiger partial charge is 0.327 e. The molecule has 0 saturated carbocycles. The molecule has 0 aromatic heterocycles. The highest BCUT2D eigenvalue weighted by atomic mass is 35.5. The summed E-state index contributed by atoms with van der Waals surface area (Å²) in [4.78, 5) is 11.0. The van der Waals surface area contributed by atoms with Gasteiger partial charge in [-0.2, -0.15) is 0 Å². The average Bonchev–Trinajstić information content (AvgIpc) is 2.16. The van der Waals surface area contributed by atoms with Gasteiger partial charge >= 0.3 is 5.97 Å². The first-order chi connectivity index (χ1) is 6.57. The van der Waals surface area contributed by atoms with Crippen LogP contribution < -0.4 is 5.73 Å². The van der Waals surface area contributed by atoms with Gasteiger partial charge in [-0.15, -0.1) is 12.4 Å². The molecule has 6 heteroatoms. The molecule has 0 unspecified atom stereocenters. The monoisotopic (exact) mass is 253 g/mol. The van der Waals surface area contributed by atoms with Crippen molar-refractivity contribution in [3.63, 3.8) is 0 Å². The molecule has 0 aliphatic heterocycles. The maximum Gasteiger partial charge on any atom is 0.327 e. The summed E-state index contributed by atoms with van der Waals surface area (Å²) in [5, 5.41) is 0.114. The fourth-order valence-electron chi connectivity index (χ4n) is 1.05. The molecule has 0 spiro atoms. The van der Waals surface area contributed by atoms with Crippen molar-refractivity contribution in [1.29, 1.82) is 0 Å². The summed E-state index contributed by atoms with van der Waals surface area (Å²) >= 11 is 5.70. The number of benzene rings is 1. The number of hydrogen-bond donors (Lipinski definition) is 1. The molecule has 0 aliphatic carbocycles. The first-order valence-corrected chi connectivity index (χ1v) is 4.23. The quantitative estimate of drug-likeness (QED) is 0.822. The second kappa shape index (κ2) is 5.90. The topological polar surface area (TPSA) is 52.3 Å². The second-order valence-corrected chi connectivity index (χ2v) is 3.04. The van der Waals surface area contributed by atoms with Gasteiger partial charge in [0.05, 0.1) is 7.11 Å². The number of carbonyl (C=O) groups is 1. The largest absolute Gasteiger partial charge is 0.468 e. The normalized spacial score (nSPS) is 11.5. The molecule has 0 aliphatic rings. The van der Waals surface area contributed by atoms with Gasteiger partial charge in [0.2, 0.25) is 0 Å². The summed E-state index contributed by atoms with van der Waals surface area (Å²) in [5.41, 5.74) is 5.41. The Morgan fingerprint density at radius 3 is 2.67 bits per heavy atom. The lowest BCUT2D eigenvalue weighted by molar-refractivity contribution is -0.142. The third kappa shape index (κ3) is 3.06. The third-order valence-electron chi connectivity index (χ3n) is 1.77. The number of esters is 1. The van der Waals surface area contributed by atoms with Gasteiger partial charge in [-0.1, -0.05) is 17.7 Å². The Morgan fingerprint density at radius 2 is 2.20 bits per heavy atom. The van der Waals surface area contributed by atoms with Crippen LogP contribution in [0.25, 0.3) is 0 Å². The third-order valence-corrected chi connectivity index (χ3v) is 2.10. The summed E-state index contributed by atoms with van der Waals surface area (Å²) in [5.74, 6) is -1.34. The molecule has 2 N–H and O–H groups in total. The van der Waals surface area contributed by atoms with E-state index in [0.717, 1.165) is 0 Å². The van der Waals surface area contributed by atoms with Crippen LogP contribution in [0.2, 0.25) is 5.02 Å². The van der Waals surface area contributed by atoms with Gasteiger partial charge in [0, 0.05) is 10.6 Å². The van der Waals surface area contributed by atoms with Gasteiger partial charge in [0.25, 0.3) is 0 Å². The Hall–Kier alpha value is -0.840. The number of rotatable bonds is 2. The lowest BCUT2D eigenvalue weighted by Crippen LogP contribution is -2.24. The van der Waals surface area contributed by atoms with Crippen LogP contribution in [0.1, 0.15) is 11.6 Å². The molecule has 0 bridgehead atoms. The zero-order valence-electron chi connectivity index (χ0n) is 7.87. The summed E-state index contributed by atoms with van der Waals surface area (Å²) in [7, 11) is 1.18. The molecular weight excluding hydrogens is 244 g/mol. The van der Waals surface area contributed by atoms with Crippen LogP contribution in [0, 0.1) is 5.82 Å². The molecule has 1 rings (SSSR count). The SMILES string of the molecule is COC(=O)[C@@H](N)c1c(F)cccc1Cl.Cl. The van der Waals surface area contributed by atoms with Gasteiger partial charge in [-0.05, 0) is 12.1 Å². The van der Waals surface area contributed by atoms with Crippen LogP contribution in [0.4, 0.5) is 4.39 Å². The van der Waals surface area contributed by atoms with E-state index in [1.807, 2.05) is 0 Å². The summed E-state index contributed by atoms with van der Waals surface area (Å²) < 4.78 is 17.6. The number of methoxy groups -OCH3 is 1. The molecule has 15 heavy (non-hydrogen) atoms. The van der Waals surface area contributed by atoms with Crippen LogP contribution in [0.5, 0.6) is 0 Å². The fourth-order valence-corrected chi connectivity index (χ4v) is 1.33. The van der Waals surface area contributed by atoms with Crippen LogP contribution in [-0.4, -0.2) is 13.1 Å². The maximum atomic E-state index is 13.2. The predicted octanol–water partition coefficient (Wildman–Crippen LogP) is 2.07. The number of carbonyl (C=O) groups excluding carboxylic acids is 1. The fraction of sp³-hybridized carbons (Fsp3) is 0.222. The van der Waals surface area contributed by atoms with Gasteiger partial charge in [0.15, 0.2) is 0 Å². The molecule has 84 valence electrons. The Kier molecular flexibility index (Phi) is 5.57. The molecule has 3 nitrogen and oxygen atoms in total. The lowest BCUT2D eigenvalue weighted by atomic mass is 10.1. The number of nitrogens with two attached hydrogens (primary N) is 1. The Morgan fingerprint density at radius 1 is 1.60 bits per heavy atom. The van der Waals surface area contributed by atoms with Crippen LogP contribution >= 0.6 is 24.0 Å². The van der Waals surface area contributed by atoms with Crippen molar-refractivity contribution < 1.29 is 13.9 Å². The van der Waals surface area contributed by atoms with Crippen molar-refractivity contribution in [3.05, 3.63) is 34.6 Å². The molecular formula is C9H10Cl2FNO2. The van der Waals surface area contributed by atoms with Crippen LogP contribution in [0.3, 0.4) is 0 Å². The van der Waals surface area contributed by atoms with E-state index in [2.05, 4.69) is 4.74 Å². The van der Waals surface area contributed by atoms with E-state index in [0.29, 0.717) is 0 Å². The Bertz CT molecular complexity index is 340. The minimum Gasteiger partial charge on any atom is -0.468 e. The molecule has 1 aromatic rings. The molecule has 0 fully saturated rings. The number of halogens is 3. The molecule has 0 heterocycles. The van der Waals surface area contributed by atoms with E-state index in [4.69, 9.17) is 17.3 Å². The van der Waals surface area contributed by atoms with Gasteiger partial charge < -0.3 is 10.5 Å². The average molecular weight is 254 g/mol. The zero-order chi connectivity index (χ0) is 10.7. The Balaban J connectivity index is 0.00000196. The van der Waals surface area contributed by atoms with Crippen molar-refractivity contribution in [2.75, 3.05) is 7.11 Å². The zero-order valence-corrected chi connectivity index (χ0v) is 9.44. The molecule has 1 aromatic carbocycles. The minimum atomic E-state index is -1.19. The van der Waals surface area contributed by atoms with E-state index in [1.165, 1.54) is 25.3 Å². The van der Waals surface area contributed by atoms with Crippen molar-refractivity contribution in [3.8, 4) is 0 Å². The van der Waals surface area contributed by atoms with Crippen molar-refractivity contribution in [1.82, 2.24) is 0 Å². The predicted molar refractivity (Wildman–Crippen MR) is 57.6 cm³/mol. The molecule has 0 amide bonds. The minimum absolute atomic E-state index is 0. The summed E-state index contributed by atoms with van der Waals surface area (Å²) in [6, 6.07) is 2.89. The number of ether oxygens (including phenoxy) is 1. The van der Waals surface area contributed by atoms with Crippen LogP contribution in [-0.2, 0) is 9.53 Å². The van der Waals surface area contributed by atoms with Gasteiger partial charge in [-0.25, -0.2) is 4.39 Å². The van der Waals surface area contributed by atoms with Crippen molar-refractivity contribution in [2.45, 2.75) is 6.04 Å².